The highest BCUT2D eigenvalue weighted by molar-refractivity contribution is 6.30. The number of benzene rings is 2. The van der Waals surface area contributed by atoms with Crippen LogP contribution in [0.4, 0.5) is 16.3 Å². The fourth-order valence-corrected chi connectivity index (χ4v) is 3.82. The number of hydrogen-bond donors (Lipinski definition) is 3. The molecule has 3 N–H and O–H groups in total. The van der Waals surface area contributed by atoms with E-state index in [-0.39, 0.29) is 49.0 Å². The molecule has 0 saturated carbocycles. The van der Waals surface area contributed by atoms with E-state index in [1.807, 2.05) is 24.3 Å². The van der Waals surface area contributed by atoms with Crippen LogP contribution < -0.4 is 10.6 Å². The van der Waals surface area contributed by atoms with Gasteiger partial charge in [0, 0.05) is 17.9 Å². The molecule has 1 aromatic heterocycles. The molecule has 1 aliphatic rings. The number of rotatable bonds is 7. The maximum Gasteiger partial charge on any atom is 0.303 e. The second-order valence-electron chi connectivity index (χ2n) is 7.55. The lowest BCUT2D eigenvalue weighted by molar-refractivity contribution is -0.137. The highest BCUT2D eigenvalue weighted by Gasteiger charge is 2.31. The predicted molar refractivity (Wildman–Crippen MR) is 117 cm³/mol. The average molecular weight is 458 g/mol. The first-order valence-corrected chi connectivity index (χ1v) is 10.5. The first kappa shape index (κ1) is 21.8. The van der Waals surface area contributed by atoms with E-state index >= 15 is 0 Å². The van der Waals surface area contributed by atoms with E-state index < -0.39 is 5.97 Å². The Morgan fingerprint density at radius 1 is 1.12 bits per heavy atom. The summed E-state index contributed by atoms with van der Waals surface area (Å²) in [6.07, 6.45) is 0.815. The van der Waals surface area contributed by atoms with E-state index in [1.165, 1.54) is 12.1 Å². The van der Waals surface area contributed by atoms with Gasteiger partial charge in [-0.15, -0.1) is 5.10 Å². The summed E-state index contributed by atoms with van der Waals surface area (Å²) in [7, 11) is 0. The quantitative estimate of drug-likeness (QED) is 0.485. The number of carboxylic acid groups (broad SMARTS) is 1. The molecule has 2 aromatic carbocycles. The molecule has 0 radical (unpaired) electrons. The Balaban J connectivity index is 1.59. The molecule has 0 spiro atoms. The van der Waals surface area contributed by atoms with Crippen molar-refractivity contribution in [3.63, 3.8) is 0 Å². The van der Waals surface area contributed by atoms with Crippen LogP contribution in [0, 0.1) is 5.82 Å². The summed E-state index contributed by atoms with van der Waals surface area (Å²) in [4.78, 5) is 27.2. The minimum Gasteiger partial charge on any atom is -0.481 e. The van der Waals surface area contributed by atoms with Crippen LogP contribution in [0.1, 0.15) is 48.9 Å². The van der Waals surface area contributed by atoms with Crippen LogP contribution in [-0.4, -0.2) is 31.7 Å². The summed E-state index contributed by atoms with van der Waals surface area (Å²) in [5, 5.41) is 19.8. The molecule has 10 heteroatoms. The van der Waals surface area contributed by atoms with Gasteiger partial charge in [-0.3, -0.25) is 14.9 Å². The molecular formula is C22H21ClFN5O3. The van der Waals surface area contributed by atoms with E-state index in [2.05, 4.69) is 20.7 Å². The lowest BCUT2D eigenvalue weighted by Crippen LogP contribution is -2.28. The standard InChI is InChI=1S/C22H21ClFN5O3/c23-15-8-4-13(5-9-15)17-12-18(14-6-10-16(24)11-7-14)29-22(25-17)27-21(28-29)26-19(30)2-1-3-20(31)32/h4-11,17-18H,1-3,12H2,(H,31,32)(H2,25,26,27,28,30)/t17-,18+/m1/s1. The van der Waals surface area contributed by atoms with Crippen molar-refractivity contribution in [2.75, 3.05) is 10.6 Å². The van der Waals surface area contributed by atoms with Gasteiger partial charge in [0.05, 0.1) is 12.1 Å². The number of hydrogen-bond acceptors (Lipinski definition) is 5. The van der Waals surface area contributed by atoms with Crippen LogP contribution in [0.25, 0.3) is 0 Å². The van der Waals surface area contributed by atoms with Gasteiger partial charge in [-0.1, -0.05) is 35.9 Å². The number of carbonyl (C=O) groups is 2. The maximum atomic E-state index is 13.5. The van der Waals surface area contributed by atoms with Gasteiger partial charge < -0.3 is 10.4 Å². The summed E-state index contributed by atoms with van der Waals surface area (Å²) in [5.41, 5.74) is 1.87. The molecule has 1 aliphatic heterocycles. The number of fused-ring (bicyclic) bond motifs is 1. The molecule has 0 unspecified atom stereocenters. The molecule has 8 nitrogen and oxygen atoms in total. The lowest BCUT2D eigenvalue weighted by atomic mass is 9.93. The number of nitrogens with zero attached hydrogens (tertiary/aromatic N) is 3. The van der Waals surface area contributed by atoms with E-state index in [4.69, 9.17) is 16.7 Å². The molecule has 4 rings (SSSR count). The molecule has 0 aliphatic carbocycles. The number of carbonyl (C=O) groups excluding carboxylic acids is 1. The van der Waals surface area contributed by atoms with Crippen LogP contribution in [-0.2, 0) is 9.59 Å². The van der Waals surface area contributed by atoms with Gasteiger partial charge >= 0.3 is 5.97 Å². The topological polar surface area (TPSA) is 109 Å². The van der Waals surface area contributed by atoms with Gasteiger partial charge in [0.2, 0.25) is 11.9 Å². The molecule has 166 valence electrons. The largest absolute Gasteiger partial charge is 0.481 e. The molecule has 3 aromatic rings. The van der Waals surface area contributed by atoms with Crippen molar-refractivity contribution in [1.82, 2.24) is 14.8 Å². The zero-order valence-corrected chi connectivity index (χ0v) is 17.7. The second kappa shape index (κ2) is 9.35. The summed E-state index contributed by atoms with van der Waals surface area (Å²) in [6.45, 7) is 0. The molecule has 0 fully saturated rings. The van der Waals surface area contributed by atoms with Crippen molar-refractivity contribution >= 4 is 35.4 Å². The van der Waals surface area contributed by atoms with E-state index in [1.54, 1.807) is 16.8 Å². The van der Waals surface area contributed by atoms with E-state index in [0.29, 0.717) is 17.4 Å². The van der Waals surface area contributed by atoms with Gasteiger partial charge in [0.15, 0.2) is 0 Å². The Morgan fingerprint density at radius 3 is 2.50 bits per heavy atom. The number of nitrogens with one attached hydrogen (secondary N) is 2. The molecule has 2 atom stereocenters. The van der Waals surface area contributed by atoms with Gasteiger partial charge in [-0.05, 0) is 48.2 Å². The molecule has 0 bridgehead atoms. The number of anilines is 2. The number of carboxylic acids is 1. The first-order chi connectivity index (χ1) is 15.4. The summed E-state index contributed by atoms with van der Waals surface area (Å²) in [6, 6.07) is 13.4. The molecule has 1 amide bonds. The van der Waals surface area contributed by atoms with E-state index in [9.17, 15) is 14.0 Å². The lowest BCUT2D eigenvalue weighted by Gasteiger charge is -2.31. The summed E-state index contributed by atoms with van der Waals surface area (Å²) >= 11 is 6.02. The third-order valence-corrected chi connectivity index (χ3v) is 5.51. The van der Waals surface area contributed by atoms with Crippen molar-refractivity contribution in [2.45, 2.75) is 37.8 Å². The van der Waals surface area contributed by atoms with Gasteiger partial charge in [-0.25, -0.2) is 9.07 Å². The first-order valence-electron chi connectivity index (χ1n) is 10.1. The Kier molecular flexibility index (Phi) is 6.36. The Morgan fingerprint density at radius 2 is 1.81 bits per heavy atom. The smallest absolute Gasteiger partial charge is 0.303 e. The van der Waals surface area contributed by atoms with Gasteiger partial charge in [-0.2, -0.15) is 4.98 Å². The highest BCUT2D eigenvalue weighted by Crippen LogP contribution is 2.38. The van der Waals surface area contributed by atoms with Crippen molar-refractivity contribution in [1.29, 1.82) is 0 Å². The fourth-order valence-electron chi connectivity index (χ4n) is 3.69. The van der Waals surface area contributed by atoms with Gasteiger partial charge in [0.1, 0.15) is 5.82 Å². The summed E-state index contributed by atoms with van der Waals surface area (Å²) < 4.78 is 15.2. The molecule has 0 saturated heterocycles. The third-order valence-electron chi connectivity index (χ3n) is 5.26. The Hall–Kier alpha value is -3.46. The van der Waals surface area contributed by atoms with E-state index in [0.717, 1.165) is 11.1 Å². The minimum atomic E-state index is -0.951. The normalized spacial score (nSPS) is 17.3. The predicted octanol–water partition coefficient (Wildman–Crippen LogP) is 4.41. The second-order valence-corrected chi connectivity index (χ2v) is 7.99. The van der Waals surface area contributed by atoms with Crippen LogP contribution in [0.15, 0.2) is 48.5 Å². The highest BCUT2D eigenvalue weighted by atomic mass is 35.5. The maximum absolute atomic E-state index is 13.5. The zero-order chi connectivity index (χ0) is 22.7. The van der Waals surface area contributed by atoms with Crippen LogP contribution in [0.2, 0.25) is 5.02 Å². The minimum absolute atomic E-state index is 0.0540. The SMILES string of the molecule is O=C(O)CCCC(=O)Nc1nc2n(n1)[C@H](c1ccc(F)cc1)C[C@H](c1ccc(Cl)cc1)N2. The monoisotopic (exact) mass is 457 g/mol. The van der Waals surface area contributed by atoms with Crippen molar-refractivity contribution in [3.8, 4) is 0 Å². The number of amides is 1. The molecular weight excluding hydrogens is 437 g/mol. The number of aliphatic carboxylic acids is 1. The van der Waals surface area contributed by atoms with Crippen molar-refractivity contribution in [3.05, 3.63) is 70.5 Å². The van der Waals surface area contributed by atoms with Gasteiger partial charge in [0.25, 0.3) is 5.95 Å². The molecule has 2 heterocycles. The number of halogens is 2. The third kappa shape index (κ3) is 5.05. The average Bonchev–Trinajstić information content (AvgIpc) is 3.16. The van der Waals surface area contributed by atoms with Crippen LogP contribution >= 0.6 is 11.6 Å². The molecule has 32 heavy (non-hydrogen) atoms. The summed E-state index contributed by atoms with van der Waals surface area (Å²) in [5.74, 6) is -1.05. The Bertz CT molecular complexity index is 1120. The van der Waals surface area contributed by atoms with Crippen molar-refractivity contribution < 1.29 is 19.1 Å². The van der Waals surface area contributed by atoms with Crippen molar-refractivity contribution in [2.24, 2.45) is 0 Å². The van der Waals surface area contributed by atoms with Crippen LogP contribution in [0.3, 0.4) is 0 Å². The zero-order valence-electron chi connectivity index (χ0n) is 17.0. The fraction of sp³-hybridized carbons (Fsp3) is 0.273. The van der Waals surface area contributed by atoms with Crippen LogP contribution in [0.5, 0.6) is 0 Å². The Labute approximate surface area is 188 Å². The number of aromatic nitrogens is 3.